The molecule has 0 aromatic carbocycles. The average Bonchev–Trinajstić information content (AvgIpc) is 2.44. The minimum absolute atomic E-state index is 0.0447. The number of aliphatic hydroxyl groups excluding tert-OH is 1. The maximum atomic E-state index is 12.3. The molecule has 0 saturated carbocycles. The number of carbonyl (C=O) groups is 2. The van der Waals surface area contributed by atoms with E-state index in [1.165, 1.54) is 0 Å². The van der Waals surface area contributed by atoms with Crippen LogP contribution in [0, 0.1) is 0 Å². The van der Waals surface area contributed by atoms with Gasteiger partial charge in [0.2, 0.25) is 11.8 Å². The largest absolute Gasteiger partial charge is 0.395 e. The van der Waals surface area contributed by atoms with E-state index in [-0.39, 0.29) is 43.6 Å². The van der Waals surface area contributed by atoms with Crippen LogP contribution in [0.25, 0.3) is 0 Å². The maximum Gasteiger partial charge on any atom is 0.239 e. The van der Waals surface area contributed by atoms with Gasteiger partial charge >= 0.3 is 0 Å². The fourth-order valence-electron chi connectivity index (χ4n) is 2.67. The van der Waals surface area contributed by atoms with Crippen LogP contribution in [0.5, 0.6) is 0 Å². The minimum atomic E-state index is -0.127. The first-order valence-electron chi connectivity index (χ1n) is 7.90. The van der Waals surface area contributed by atoms with Crippen LogP contribution in [0.4, 0.5) is 0 Å². The number of hydrogen-bond donors (Lipinski definition) is 2. The zero-order chi connectivity index (χ0) is 15.8. The second-order valence-corrected chi connectivity index (χ2v) is 5.93. The first-order chi connectivity index (χ1) is 9.97. The maximum absolute atomic E-state index is 12.3. The molecular weight excluding hydrogens is 270 g/mol. The zero-order valence-corrected chi connectivity index (χ0v) is 13.5. The Morgan fingerprint density at radius 2 is 2.10 bits per heavy atom. The van der Waals surface area contributed by atoms with Gasteiger partial charge in [-0.3, -0.25) is 14.5 Å². The van der Waals surface area contributed by atoms with Crippen molar-refractivity contribution in [2.75, 3.05) is 32.8 Å². The quantitative estimate of drug-likeness (QED) is 0.705. The van der Waals surface area contributed by atoms with Gasteiger partial charge in [0, 0.05) is 18.6 Å². The standard InChI is InChI=1S/C15H29N3O3/c1-4-17(9-14(20)16-12(2)3)15(21)10-18-8-6-5-7-13(18)11-19/h12-13,19H,4-11H2,1-3H3,(H,16,20). The van der Waals surface area contributed by atoms with Gasteiger partial charge < -0.3 is 15.3 Å². The number of amides is 2. The van der Waals surface area contributed by atoms with Gasteiger partial charge in [0.15, 0.2) is 0 Å². The fraction of sp³-hybridized carbons (Fsp3) is 0.867. The van der Waals surface area contributed by atoms with Crippen molar-refractivity contribution >= 4 is 11.8 Å². The van der Waals surface area contributed by atoms with Crippen molar-refractivity contribution in [1.29, 1.82) is 0 Å². The first-order valence-corrected chi connectivity index (χ1v) is 7.90. The Morgan fingerprint density at radius 1 is 1.38 bits per heavy atom. The van der Waals surface area contributed by atoms with Crippen LogP contribution in [0.2, 0.25) is 0 Å². The lowest BCUT2D eigenvalue weighted by molar-refractivity contribution is -0.137. The molecular formula is C15H29N3O3. The van der Waals surface area contributed by atoms with Gasteiger partial charge in [-0.25, -0.2) is 0 Å². The number of aliphatic hydroxyl groups is 1. The predicted octanol–water partition coefficient (Wildman–Crippen LogP) is 0.206. The van der Waals surface area contributed by atoms with Crippen molar-refractivity contribution in [1.82, 2.24) is 15.1 Å². The Kier molecular flexibility index (Phi) is 7.67. The molecule has 2 amide bonds. The summed E-state index contributed by atoms with van der Waals surface area (Å²) in [6.45, 7) is 7.51. The molecule has 0 aromatic heterocycles. The number of rotatable bonds is 7. The van der Waals surface area contributed by atoms with E-state index in [1.807, 2.05) is 25.7 Å². The topological polar surface area (TPSA) is 72.9 Å². The van der Waals surface area contributed by atoms with Gasteiger partial charge in [-0.15, -0.1) is 0 Å². The van der Waals surface area contributed by atoms with E-state index in [0.717, 1.165) is 25.8 Å². The van der Waals surface area contributed by atoms with Crippen LogP contribution >= 0.6 is 0 Å². The van der Waals surface area contributed by atoms with Crippen molar-refractivity contribution in [2.24, 2.45) is 0 Å². The number of likely N-dealkylation sites (N-methyl/N-ethyl adjacent to an activating group) is 1. The molecule has 21 heavy (non-hydrogen) atoms. The van der Waals surface area contributed by atoms with Crippen molar-refractivity contribution in [2.45, 2.75) is 52.1 Å². The molecule has 0 radical (unpaired) electrons. The van der Waals surface area contributed by atoms with Gasteiger partial charge in [-0.1, -0.05) is 6.42 Å². The second kappa shape index (κ2) is 9.00. The van der Waals surface area contributed by atoms with Crippen molar-refractivity contribution in [3.8, 4) is 0 Å². The number of nitrogens with one attached hydrogen (secondary N) is 1. The van der Waals surface area contributed by atoms with E-state index in [0.29, 0.717) is 6.54 Å². The Hall–Kier alpha value is -1.14. The van der Waals surface area contributed by atoms with E-state index in [4.69, 9.17) is 0 Å². The second-order valence-electron chi connectivity index (χ2n) is 5.93. The molecule has 6 nitrogen and oxygen atoms in total. The van der Waals surface area contributed by atoms with Gasteiger partial charge in [0.05, 0.1) is 19.7 Å². The first kappa shape index (κ1) is 17.9. The van der Waals surface area contributed by atoms with Crippen molar-refractivity contribution in [3.63, 3.8) is 0 Å². The highest BCUT2D eigenvalue weighted by atomic mass is 16.3. The van der Waals surface area contributed by atoms with Crippen LogP contribution in [0.3, 0.4) is 0 Å². The summed E-state index contributed by atoms with van der Waals surface area (Å²) >= 11 is 0. The van der Waals surface area contributed by atoms with E-state index >= 15 is 0 Å². The van der Waals surface area contributed by atoms with Crippen molar-refractivity contribution in [3.05, 3.63) is 0 Å². The molecule has 0 bridgehead atoms. The summed E-state index contributed by atoms with van der Waals surface area (Å²) in [5.74, 6) is -0.172. The van der Waals surface area contributed by atoms with Crippen LogP contribution in [-0.2, 0) is 9.59 Å². The fourth-order valence-corrected chi connectivity index (χ4v) is 2.67. The number of nitrogens with zero attached hydrogens (tertiary/aromatic N) is 2. The molecule has 1 saturated heterocycles. The monoisotopic (exact) mass is 299 g/mol. The SMILES string of the molecule is CCN(CC(=O)NC(C)C)C(=O)CN1CCCCC1CO. The van der Waals surface area contributed by atoms with Gasteiger partial charge in [-0.2, -0.15) is 0 Å². The molecule has 1 aliphatic rings. The van der Waals surface area contributed by atoms with Gasteiger partial charge in [0.1, 0.15) is 0 Å². The normalized spacial score (nSPS) is 19.6. The minimum Gasteiger partial charge on any atom is -0.395 e. The van der Waals surface area contributed by atoms with Crippen LogP contribution in [0.15, 0.2) is 0 Å². The van der Waals surface area contributed by atoms with E-state index < -0.39 is 0 Å². The van der Waals surface area contributed by atoms with Gasteiger partial charge in [0.25, 0.3) is 0 Å². The highest BCUT2D eigenvalue weighted by Crippen LogP contribution is 2.16. The average molecular weight is 299 g/mol. The molecule has 0 aromatic rings. The lowest BCUT2D eigenvalue weighted by atomic mass is 10.0. The molecule has 1 rings (SSSR count). The molecule has 6 heteroatoms. The number of likely N-dealkylation sites (tertiary alicyclic amines) is 1. The summed E-state index contributed by atoms with van der Waals surface area (Å²) in [6.07, 6.45) is 3.09. The molecule has 1 heterocycles. The number of hydrogen-bond acceptors (Lipinski definition) is 4. The van der Waals surface area contributed by atoms with Gasteiger partial charge in [-0.05, 0) is 40.2 Å². The molecule has 1 atom stereocenters. The molecule has 1 fully saturated rings. The Bertz CT molecular complexity index is 347. The highest BCUT2D eigenvalue weighted by Gasteiger charge is 2.25. The third-order valence-electron chi connectivity index (χ3n) is 3.82. The van der Waals surface area contributed by atoms with E-state index in [2.05, 4.69) is 5.32 Å². The molecule has 0 aliphatic carbocycles. The predicted molar refractivity (Wildman–Crippen MR) is 81.8 cm³/mol. The van der Waals surface area contributed by atoms with Crippen LogP contribution < -0.4 is 5.32 Å². The number of carbonyl (C=O) groups excluding carboxylic acids is 2. The molecule has 2 N–H and O–H groups in total. The third kappa shape index (κ3) is 6.01. The summed E-state index contributed by atoms with van der Waals surface area (Å²) in [4.78, 5) is 27.7. The summed E-state index contributed by atoms with van der Waals surface area (Å²) < 4.78 is 0. The molecule has 122 valence electrons. The molecule has 1 unspecified atom stereocenters. The van der Waals surface area contributed by atoms with E-state index in [1.54, 1.807) is 4.90 Å². The number of piperidine rings is 1. The smallest absolute Gasteiger partial charge is 0.239 e. The summed E-state index contributed by atoms with van der Waals surface area (Å²) in [5, 5.41) is 12.2. The van der Waals surface area contributed by atoms with E-state index in [9.17, 15) is 14.7 Å². The lowest BCUT2D eigenvalue weighted by Gasteiger charge is -2.35. The van der Waals surface area contributed by atoms with Crippen molar-refractivity contribution < 1.29 is 14.7 Å². The zero-order valence-electron chi connectivity index (χ0n) is 13.5. The Labute approximate surface area is 127 Å². The third-order valence-corrected chi connectivity index (χ3v) is 3.82. The Morgan fingerprint density at radius 3 is 2.67 bits per heavy atom. The molecule has 0 spiro atoms. The highest BCUT2D eigenvalue weighted by molar-refractivity contribution is 5.85. The lowest BCUT2D eigenvalue weighted by Crippen LogP contribution is -2.50. The van der Waals surface area contributed by atoms with Crippen LogP contribution in [0.1, 0.15) is 40.0 Å². The summed E-state index contributed by atoms with van der Waals surface area (Å²) in [6, 6.07) is 0.151. The van der Waals surface area contributed by atoms with Crippen LogP contribution in [-0.4, -0.2) is 71.6 Å². The summed E-state index contributed by atoms with van der Waals surface area (Å²) in [7, 11) is 0. The molecule has 1 aliphatic heterocycles. The Balaban J connectivity index is 2.52. The summed E-state index contributed by atoms with van der Waals surface area (Å²) in [5.41, 5.74) is 0.